The molecule has 0 saturated carbocycles. The smallest absolute Gasteiger partial charge is 0.361 e. The standard InChI is InChI=1S/C76H139NO8/c1-6-8-10-12-14-16-18-20-22-24-26-28-29-30-31-32-33-34-35-36-37-38-39-40-41-42-43-44-45-47-49-51-53-55-57-59-61-63-65-67-74(79)85-72(71-84-76(75(80)81)82-69-68-77(3,4)5)70-83-73(78)66-64-62-60-58-56-54-52-50-48-46-27-25-23-21-19-17-15-13-11-9-7-2/h8,10,14,16,20,22,26,28,30-31,72,76H,6-7,9,11-13,15,17-19,21,23-25,27,29,32-71H2,1-5H3/p+1/b10-8-,16-14-,22-20-,28-26-,31-30-. The molecule has 85 heavy (non-hydrogen) atoms. The van der Waals surface area contributed by atoms with Gasteiger partial charge in [-0.25, -0.2) is 4.79 Å². The van der Waals surface area contributed by atoms with Crippen LogP contribution >= 0.6 is 0 Å². The average molecular weight is 1200 g/mol. The van der Waals surface area contributed by atoms with E-state index in [1.807, 2.05) is 21.1 Å². The second kappa shape index (κ2) is 66.9. The number of aliphatic carboxylic acids is 1. The number of carbonyl (C=O) groups excluding carboxylic acids is 2. The van der Waals surface area contributed by atoms with E-state index in [0.717, 1.165) is 70.6 Å². The molecule has 9 heteroatoms. The fourth-order valence-electron chi connectivity index (χ4n) is 10.8. The Labute approximate surface area is 526 Å². The number of unbranched alkanes of at least 4 members (excludes halogenated alkanes) is 43. The van der Waals surface area contributed by atoms with E-state index in [0.29, 0.717) is 17.4 Å². The number of hydrogen-bond donors (Lipinski definition) is 1. The van der Waals surface area contributed by atoms with Gasteiger partial charge >= 0.3 is 17.9 Å². The van der Waals surface area contributed by atoms with Gasteiger partial charge < -0.3 is 28.5 Å². The number of hydrogen-bond acceptors (Lipinski definition) is 7. The first-order valence-corrected chi connectivity index (χ1v) is 36.5. The number of ether oxygens (including phenoxy) is 4. The lowest BCUT2D eigenvalue weighted by Crippen LogP contribution is -2.40. The van der Waals surface area contributed by atoms with Crippen LogP contribution in [0.25, 0.3) is 0 Å². The number of esters is 2. The molecule has 2 unspecified atom stereocenters. The lowest BCUT2D eigenvalue weighted by molar-refractivity contribution is -0.870. The number of likely N-dealkylation sites (N-methyl/N-ethyl adjacent to an activating group) is 1. The van der Waals surface area contributed by atoms with Gasteiger partial charge in [0.25, 0.3) is 6.29 Å². The van der Waals surface area contributed by atoms with E-state index < -0.39 is 18.4 Å². The van der Waals surface area contributed by atoms with Gasteiger partial charge in [-0.3, -0.25) is 9.59 Å². The molecule has 0 aromatic rings. The van der Waals surface area contributed by atoms with E-state index in [4.69, 9.17) is 18.9 Å². The van der Waals surface area contributed by atoms with Crippen molar-refractivity contribution in [1.82, 2.24) is 0 Å². The molecule has 9 nitrogen and oxygen atoms in total. The molecule has 0 saturated heterocycles. The highest BCUT2D eigenvalue weighted by Gasteiger charge is 2.25. The zero-order chi connectivity index (χ0) is 61.9. The largest absolute Gasteiger partial charge is 0.477 e. The predicted octanol–water partition coefficient (Wildman–Crippen LogP) is 22.7. The third kappa shape index (κ3) is 68.3. The van der Waals surface area contributed by atoms with Gasteiger partial charge in [0.05, 0.1) is 34.4 Å². The van der Waals surface area contributed by atoms with Crippen molar-refractivity contribution in [3.05, 3.63) is 60.8 Å². The van der Waals surface area contributed by atoms with E-state index in [9.17, 15) is 19.5 Å². The van der Waals surface area contributed by atoms with E-state index in [2.05, 4.69) is 74.6 Å². The Bertz CT molecular complexity index is 1580. The monoisotopic (exact) mass is 1200 g/mol. The number of allylic oxidation sites excluding steroid dienone is 10. The third-order valence-electron chi connectivity index (χ3n) is 16.3. The minimum Gasteiger partial charge on any atom is -0.477 e. The van der Waals surface area contributed by atoms with Gasteiger partial charge in [-0.2, -0.15) is 0 Å². The molecule has 2 atom stereocenters. The van der Waals surface area contributed by atoms with Crippen molar-refractivity contribution in [3.8, 4) is 0 Å². The second-order valence-corrected chi connectivity index (χ2v) is 25.9. The van der Waals surface area contributed by atoms with Crippen LogP contribution in [0, 0.1) is 0 Å². The molecule has 0 fully saturated rings. The van der Waals surface area contributed by atoms with E-state index in [1.165, 1.54) is 250 Å². The number of carboxylic acid groups (broad SMARTS) is 1. The van der Waals surface area contributed by atoms with Crippen LogP contribution in [0.15, 0.2) is 60.8 Å². The Balaban J connectivity index is 3.98. The number of carboxylic acids is 1. The maximum absolute atomic E-state index is 13.0. The van der Waals surface area contributed by atoms with Gasteiger partial charge in [-0.05, 0) is 57.8 Å². The van der Waals surface area contributed by atoms with Gasteiger partial charge in [0.1, 0.15) is 13.2 Å². The zero-order valence-corrected chi connectivity index (χ0v) is 56.8. The van der Waals surface area contributed by atoms with Crippen LogP contribution in [0.1, 0.15) is 348 Å². The van der Waals surface area contributed by atoms with Gasteiger partial charge in [-0.1, -0.05) is 338 Å². The summed E-state index contributed by atoms with van der Waals surface area (Å²) in [7, 11) is 5.99. The molecule has 0 spiro atoms. The van der Waals surface area contributed by atoms with Crippen LogP contribution in [-0.4, -0.2) is 87.4 Å². The topological polar surface area (TPSA) is 108 Å². The SMILES string of the molecule is CC/C=C\C/C=C\C/C=C\C/C=C\C/C=C\CCCCCCCCCCCCCCCCCCCCCCCCCC(=O)OC(COC(=O)CCCCCCCCCCCCCCCCCCCCCCC)COC(OCC[N+](C)(C)C)C(=O)O. The maximum atomic E-state index is 13.0. The Morgan fingerprint density at radius 3 is 1.00 bits per heavy atom. The fourth-order valence-corrected chi connectivity index (χ4v) is 10.8. The summed E-state index contributed by atoms with van der Waals surface area (Å²) in [5, 5.41) is 9.75. The summed E-state index contributed by atoms with van der Waals surface area (Å²) in [5.74, 6) is -1.98. The number of quaternary nitrogens is 1. The van der Waals surface area contributed by atoms with Crippen LogP contribution in [0.2, 0.25) is 0 Å². The zero-order valence-electron chi connectivity index (χ0n) is 56.8. The van der Waals surface area contributed by atoms with E-state index in [-0.39, 0.29) is 38.2 Å². The van der Waals surface area contributed by atoms with Crippen molar-refractivity contribution < 1.29 is 42.9 Å². The summed E-state index contributed by atoms with van der Waals surface area (Å²) in [6.07, 6.45) is 85.0. The first-order valence-electron chi connectivity index (χ1n) is 36.5. The number of nitrogens with zero attached hydrogens (tertiary/aromatic N) is 1. The molecule has 496 valence electrons. The van der Waals surface area contributed by atoms with Gasteiger partial charge in [0.15, 0.2) is 6.10 Å². The summed E-state index contributed by atoms with van der Waals surface area (Å²) in [5.41, 5.74) is 0. The summed E-state index contributed by atoms with van der Waals surface area (Å²) < 4.78 is 23.0. The first-order chi connectivity index (χ1) is 41.6. The van der Waals surface area contributed by atoms with Crippen molar-refractivity contribution >= 4 is 17.9 Å². The molecular formula is C76H140NO8+. The number of carbonyl (C=O) groups is 3. The molecule has 0 aliphatic carbocycles. The summed E-state index contributed by atoms with van der Waals surface area (Å²) in [4.78, 5) is 37.6. The van der Waals surface area contributed by atoms with Gasteiger partial charge in [-0.15, -0.1) is 0 Å². The van der Waals surface area contributed by atoms with Crippen LogP contribution in [0.5, 0.6) is 0 Å². The molecule has 0 radical (unpaired) electrons. The lowest BCUT2D eigenvalue weighted by atomic mass is 10.0. The molecule has 0 aromatic heterocycles. The minimum absolute atomic E-state index is 0.176. The van der Waals surface area contributed by atoms with Crippen molar-refractivity contribution in [2.24, 2.45) is 0 Å². The third-order valence-corrected chi connectivity index (χ3v) is 16.3. The summed E-state index contributed by atoms with van der Waals surface area (Å²) >= 11 is 0. The van der Waals surface area contributed by atoms with E-state index in [1.54, 1.807) is 0 Å². The van der Waals surface area contributed by atoms with Crippen LogP contribution in [0.4, 0.5) is 0 Å². The first kappa shape index (κ1) is 82.0. The van der Waals surface area contributed by atoms with Crippen molar-refractivity contribution in [2.75, 3.05) is 47.5 Å². The normalized spacial score (nSPS) is 13.0. The molecule has 0 heterocycles. The van der Waals surface area contributed by atoms with Crippen LogP contribution in [0.3, 0.4) is 0 Å². The molecule has 1 N–H and O–H groups in total. The molecule has 0 aliphatic heterocycles. The van der Waals surface area contributed by atoms with Crippen molar-refractivity contribution in [2.45, 2.75) is 360 Å². The Kier molecular flexibility index (Phi) is 64.6. The molecular weight excluding hydrogens is 1050 g/mol. The maximum Gasteiger partial charge on any atom is 0.361 e. The summed E-state index contributed by atoms with van der Waals surface area (Å²) in [6, 6.07) is 0. The lowest BCUT2D eigenvalue weighted by Gasteiger charge is -2.25. The number of rotatable bonds is 68. The van der Waals surface area contributed by atoms with Crippen LogP contribution < -0.4 is 0 Å². The van der Waals surface area contributed by atoms with Crippen LogP contribution in [-0.2, 0) is 33.3 Å². The summed E-state index contributed by atoms with van der Waals surface area (Å²) in [6.45, 7) is 4.83. The Morgan fingerprint density at radius 1 is 0.365 bits per heavy atom. The van der Waals surface area contributed by atoms with Gasteiger partial charge in [0.2, 0.25) is 0 Å². The Morgan fingerprint density at radius 2 is 0.671 bits per heavy atom. The minimum atomic E-state index is -1.51. The Hall–Kier alpha value is -3.01. The average Bonchev–Trinajstić information content (AvgIpc) is 3.49. The molecule has 0 amide bonds. The van der Waals surface area contributed by atoms with E-state index >= 15 is 0 Å². The molecule has 0 aliphatic rings. The second-order valence-electron chi connectivity index (χ2n) is 25.9. The van der Waals surface area contributed by atoms with Crippen molar-refractivity contribution in [1.29, 1.82) is 0 Å². The highest BCUT2D eigenvalue weighted by Crippen LogP contribution is 2.19. The molecule has 0 rings (SSSR count). The highest BCUT2D eigenvalue weighted by atomic mass is 16.7. The van der Waals surface area contributed by atoms with Crippen molar-refractivity contribution in [3.63, 3.8) is 0 Å². The molecule has 0 bridgehead atoms. The highest BCUT2D eigenvalue weighted by molar-refractivity contribution is 5.71. The van der Waals surface area contributed by atoms with Gasteiger partial charge in [0, 0.05) is 12.8 Å². The quantitative estimate of drug-likeness (QED) is 0.0211. The predicted molar refractivity (Wildman–Crippen MR) is 364 cm³/mol. The molecule has 0 aromatic carbocycles. The fraction of sp³-hybridized carbons (Fsp3) is 0.829.